The summed E-state index contributed by atoms with van der Waals surface area (Å²) >= 11 is 1.66. The summed E-state index contributed by atoms with van der Waals surface area (Å²) in [5, 5.41) is 11.2. The number of nitrogens with zero attached hydrogens (tertiary/aromatic N) is 4. The van der Waals surface area contributed by atoms with E-state index in [2.05, 4.69) is 15.6 Å². The molecule has 1 saturated heterocycles. The van der Waals surface area contributed by atoms with Crippen LogP contribution < -0.4 is 5.32 Å². The topological polar surface area (TPSA) is 97.2 Å². The van der Waals surface area contributed by atoms with Crippen molar-refractivity contribution in [1.82, 2.24) is 24.6 Å². The molecule has 1 fully saturated rings. The number of hydrogen-bond acceptors (Lipinski definition) is 6. The van der Waals surface area contributed by atoms with Gasteiger partial charge >= 0.3 is 0 Å². The number of sulfonamides is 1. The molecule has 33 heavy (non-hydrogen) atoms. The Bertz CT molecular complexity index is 1220. The quantitative estimate of drug-likeness (QED) is 0.489. The van der Waals surface area contributed by atoms with Gasteiger partial charge in [-0.05, 0) is 61.4 Å². The smallest absolute Gasteiger partial charge is 0.243 e. The highest BCUT2D eigenvalue weighted by Gasteiger charge is 2.37. The molecule has 3 aromatic rings. The minimum atomic E-state index is -3.85. The normalized spacial score (nSPS) is 17.3. The van der Waals surface area contributed by atoms with Gasteiger partial charge in [-0.2, -0.15) is 4.31 Å². The molecule has 10 heteroatoms. The Hall–Kier alpha value is -2.43. The number of carbonyl (C=O) groups excluding carboxylic acids is 1. The minimum absolute atomic E-state index is 0.144. The second kappa shape index (κ2) is 10.2. The zero-order valence-electron chi connectivity index (χ0n) is 18.9. The lowest BCUT2D eigenvalue weighted by Gasteiger charge is -2.33. The van der Waals surface area contributed by atoms with E-state index in [0.29, 0.717) is 25.0 Å². The molecule has 8 nitrogen and oxygen atoms in total. The molecule has 1 N–H and O–H groups in total. The first-order valence-corrected chi connectivity index (χ1v) is 13.9. The van der Waals surface area contributed by atoms with Crippen LogP contribution in [0.5, 0.6) is 0 Å². The van der Waals surface area contributed by atoms with Crippen LogP contribution in [0.2, 0.25) is 0 Å². The van der Waals surface area contributed by atoms with Gasteiger partial charge in [0.1, 0.15) is 11.6 Å². The number of fused-ring (bicyclic) bond motifs is 1. The molecule has 2 aromatic carbocycles. The van der Waals surface area contributed by atoms with Gasteiger partial charge in [0.05, 0.1) is 10.4 Å². The molecule has 0 saturated carbocycles. The number of rotatable bonds is 8. The van der Waals surface area contributed by atoms with Gasteiger partial charge in [0.2, 0.25) is 15.9 Å². The fraction of sp³-hybridized carbons (Fsp3) is 0.435. The first-order valence-electron chi connectivity index (χ1n) is 11.2. The number of carbonyl (C=O) groups is 1. The van der Waals surface area contributed by atoms with Crippen molar-refractivity contribution in [3.63, 3.8) is 0 Å². The maximum absolute atomic E-state index is 13.5. The second-order valence-corrected chi connectivity index (χ2v) is 10.9. The molecule has 0 aliphatic carbocycles. The number of benzene rings is 2. The third kappa shape index (κ3) is 5.07. The van der Waals surface area contributed by atoms with Gasteiger partial charge in [-0.15, -0.1) is 16.9 Å². The molecular weight excluding hydrogens is 458 g/mol. The van der Waals surface area contributed by atoms with Crippen LogP contribution in [0.15, 0.2) is 52.3 Å². The molecule has 176 valence electrons. The van der Waals surface area contributed by atoms with E-state index in [4.69, 9.17) is 0 Å². The Morgan fingerprint density at radius 3 is 2.70 bits per heavy atom. The van der Waals surface area contributed by atoms with E-state index in [1.807, 2.05) is 37.4 Å². The van der Waals surface area contributed by atoms with Gasteiger partial charge in [0.25, 0.3) is 0 Å². The van der Waals surface area contributed by atoms with Crippen molar-refractivity contribution in [3.8, 4) is 0 Å². The van der Waals surface area contributed by atoms with Crippen LogP contribution in [0, 0.1) is 0 Å². The molecule has 0 bridgehead atoms. The lowest BCUT2D eigenvalue weighted by molar-refractivity contribution is -0.125. The summed E-state index contributed by atoms with van der Waals surface area (Å²) in [7, 11) is -3.85. The monoisotopic (exact) mass is 487 g/mol. The Morgan fingerprint density at radius 2 is 1.97 bits per heavy atom. The van der Waals surface area contributed by atoms with Crippen molar-refractivity contribution in [2.45, 2.75) is 61.5 Å². The predicted molar refractivity (Wildman–Crippen MR) is 129 cm³/mol. The largest absolute Gasteiger partial charge is 0.351 e. The van der Waals surface area contributed by atoms with Gasteiger partial charge < -0.3 is 5.32 Å². The third-order valence-electron chi connectivity index (χ3n) is 5.91. The average Bonchev–Trinajstić information content (AvgIpc) is 3.25. The molecule has 1 atom stereocenters. The molecule has 0 unspecified atom stereocenters. The number of aromatic nitrogens is 3. The highest BCUT2D eigenvalue weighted by Crippen LogP contribution is 2.27. The Labute approximate surface area is 198 Å². The van der Waals surface area contributed by atoms with Crippen molar-refractivity contribution in [1.29, 1.82) is 0 Å². The van der Waals surface area contributed by atoms with Crippen LogP contribution in [0.4, 0.5) is 0 Å². The van der Waals surface area contributed by atoms with Crippen LogP contribution in [-0.2, 0) is 27.9 Å². The number of aryl methyl sites for hydroxylation is 1. The van der Waals surface area contributed by atoms with E-state index >= 15 is 0 Å². The fourth-order valence-electron chi connectivity index (χ4n) is 4.13. The van der Waals surface area contributed by atoms with Crippen molar-refractivity contribution < 1.29 is 13.2 Å². The summed E-state index contributed by atoms with van der Waals surface area (Å²) in [4.78, 5) is 14.3. The Morgan fingerprint density at radius 1 is 1.18 bits per heavy atom. The number of nitrogens with one attached hydrogen (secondary N) is 1. The van der Waals surface area contributed by atoms with Gasteiger partial charge in [-0.1, -0.05) is 30.7 Å². The molecule has 0 spiro atoms. The van der Waals surface area contributed by atoms with E-state index in [1.54, 1.807) is 34.6 Å². The summed E-state index contributed by atoms with van der Waals surface area (Å²) in [6.07, 6.45) is 4.97. The third-order valence-corrected chi connectivity index (χ3v) is 8.56. The van der Waals surface area contributed by atoms with E-state index in [1.165, 1.54) is 4.31 Å². The summed E-state index contributed by atoms with van der Waals surface area (Å²) in [5.74, 6) is -0.262. The molecule has 1 aliphatic rings. The lowest BCUT2D eigenvalue weighted by Crippen LogP contribution is -2.51. The standard InChI is InChI=1S/C23H29N5O3S2/c1-3-13-27-21-12-11-19(15-20(21)25-26-27)33(30,31)28-14-5-4-6-22(28)23(29)24-16-17-7-9-18(32-2)10-8-17/h7-12,15,22H,3-6,13-14,16H2,1-2H3,(H,24,29)/t22-/m1/s1. The van der Waals surface area contributed by atoms with E-state index in [9.17, 15) is 13.2 Å². The first-order chi connectivity index (χ1) is 15.9. The first kappa shape index (κ1) is 23.7. The van der Waals surface area contributed by atoms with Crippen LogP contribution >= 0.6 is 11.8 Å². The maximum Gasteiger partial charge on any atom is 0.243 e. The average molecular weight is 488 g/mol. The molecular formula is C23H29N5O3S2. The fourth-order valence-corrected chi connectivity index (χ4v) is 6.22. The van der Waals surface area contributed by atoms with Crippen LogP contribution in [0.3, 0.4) is 0 Å². The number of hydrogen-bond donors (Lipinski definition) is 1. The van der Waals surface area contributed by atoms with Crippen LogP contribution in [-0.4, -0.2) is 52.5 Å². The Balaban J connectivity index is 1.52. The highest BCUT2D eigenvalue weighted by molar-refractivity contribution is 7.98. The molecule has 2 heterocycles. The van der Waals surface area contributed by atoms with Crippen molar-refractivity contribution in [2.24, 2.45) is 0 Å². The van der Waals surface area contributed by atoms with Gasteiger partial charge in [0, 0.05) is 24.5 Å². The van der Waals surface area contributed by atoms with E-state index in [0.717, 1.165) is 41.8 Å². The van der Waals surface area contributed by atoms with Gasteiger partial charge in [-0.3, -0.25) is 4.79 Å². The summed E-state index contributed by atoms with van der Waals surface area (Å²) < 4.78 is 30.1. The maximum atomic E-state index is 13.5. The zero-order valence-corrected chi connectivity index (χ0v) is 20.5. The number of amides is 1. The summed E-state index contributed by atoms with van der Waals surface area (Å²) in [6, 6.07) is 12.1. The van der Waals surface area contributed by atoms with Crippen LogP contribution in [0.1, 0.15) is 38.2 Å². The lowest BCUT2D eigenvalue weighted by atomic mass is 10.0. The minimum Gasteiger partial charge on any atom is -0.351 e. The molecule has 0 radical (unpaired) electrons. The Kier molecular flexibility index (Phi) is 7.35. The van der Waals surface area contributed by atoms with Gasteiger partial charge in [-0.25, -0.2) is 13.1 Å². The summed E-state index contributed by atoms with van der Waals surface area (Å²) in [6.45, 7) is 3.46. The molecule has 4 rings (SSSR count). The molecule has 1 aromatic heterocycles. The zero-order chi connectivity index (χ0) is 23.4. The van der Waals surface area contributed by atoms with E-state index < -0.39 is 16.1 Å². The SMILES string of the molecule is CCCn1nnc2cc(S(=O)(=O)N3CCCC[C@@H]3C(=O)NCc3ccc(SC)cc3)ccc21. The van der Waals surface area contributed by atoms with Crippen molar-refractivity contribution in [2.75, 3.05) is 12.8 Å². The van der Waals surface area contributed by atoms with Crippen molar-refractivity contribution >= 4 is 38.7 Å². The highest BCUT2D eigenvalue weighted by atomic mass is 32.2. The molecule has 1 aliphatic heterocycles. The number of thioether (sulfide) groups is 1. The number of piperidine rings is 1. The van der Waals surface area contributed by atoms with Crippen LogP contribution in [0.25, 0.3) is 11.0 Å². The second-order valence-electron chi connectivity index (χ2n) is 8.16. The molecule has 1 amide bonds. The van der Waals surface area contributed by atoms with Crippen molar-refractivity contribution in [3.05, 3.63) is 48.0 Å². The van der Waals surface area contributed by atoms with E-state index in [-0.39, 0.29) is 10.8 Å². The van der Waals surface area contributed by atoms with Gasteiger partial charge in [0.15, 0.2) is 0 Å². The summed E-state index contributed by atoms with van der Waals surface area (Å²) in [5.41, 5.74) is 2.32. The predicted octanol–water partition coefficient (Wildman–Crippen LogP) is 3.42.